The third-order valence-electron chi connectivity index (χ3n) is 4.20. The first-order chi connectivity index (χ1) is 9.24. The normalized spacial score (nSPS) is 18.6. The predicted molar refractivity (Wildman–Crippen MR) is 82.3 cm³/mol. The number of nitrogens with two attached hydrogens (primary N) is 1. The Labute approximate surface area is 117 Å². The second-order valence-corrected chi connectivity index (χ2v) is 5.38. The minimum Gasteiger partial charge on any atom is -0.399 e. The fourth-order valence-corrected chi connectivity index (χ4v) is 2.97. The summed E-state index contributed by atoms with van der Waals surface area (Å²) in [5, 5.41) is 3.71. The van der Waals surface area contributed by atoms with Crippen LogP contribution in [0.1, 0.15) is 43.9 Å². The van der Waals surface area contributed by atoms with E-state index in [4.69, 9.17) is 5.73 Å². The third-order valence-corrected chi connectivity index (χ3v) is 4.20. The van der Waals surface area contributed by atoms with Crippen LogP contribution in [0.3, 0.4) is 0 Å². The Morgan fingerprint density at radius 3 is 2.84 bits per heavy atom. The van der Waals surface area contributed by atoms with Gasteiger partial charge in [-0.05, 0) is 55.6 Å². The number of benzene rings is 1. The van der Waals surface area contributed by atoms with E-state index in [1.807, 2.05) is 6.07 Å². The highest BCUT2D eigenvalue weighted by molar-refractivity contribution is 5.46. The number of likely N-dealkylation sites (N-methyl/N-ethyl adjacent to an activating group) is 1. The molecule has 2 rings (SSSR count). The van der Waals surface area contributed by atoms with Gasteiger partial charge in [0.15, 0.2) is 0 Å². The number of nitrogens with zero attached hydrogens (tertiary/aromatic N) is 1. The van der Waals surface area contributed by atoms with Gasteiger partial charge in [0.2, 0.25) is 0 Å². The molecule has 1 aliphatic rings. The van der Waals surface area contributed by atoms with Gasteiger partial charge in [0.05, 0.1) is 0 Å². The lowest BCUT2D eigenvalue weighted by atomic mass is 9.87. The fourth-order valence-electron chi connectivity index (χ4n) is 2.97. The van der Waals surface area contributed by atoms with E-state index < -0.39 is 0 Å². The fraction of sp³-hybridized carbons (Fsp3) is 0.625. The molecule has 1 aromatic carbocycles. The monoisotopic (exact) mass is 261 g/mol. The van der Waals surface area contributed by atoms with Gasteiger partial charge in [-0.15, -0.1) is 0 Å². The molecular formula is C16H27N3. The van der Waals surface area contributed by atoms with E-state index in [-0.39, 0.29) is 0 Å². The van der Waals surface area contributed by atoms with Crippen molar-refractivity contribution in [2.45, 2.75) is 39.2 Å². The molecule has 0 aromatic heterocycles. The summed E-state index contributed by atoms with van der Waals surface area (Å²) < 4.78 is 0. The summed E-state index contributed by atoms with van der Waals surface area (Å²) in [7, 11) is 0. The van der Waals surface area contributed by atoms with Gasteiger partial charge in [-0.1, -0.05) is 19.9 Å². The lowest BCUT2D eigenvalue weighted by Gasteiger charge is -2.28. The maximum atomic E-state index is 5.93. The molecule has 0 fully saturated rings. The highest BCUT2D eigenvalue weighted by Crippen LogP contribution is 2.30. The number of anilines is 1. The van der Waals surface area contributed by atoms with Crippen LogP contribution in [-0.2, 0) is 6.42 Å². The highest BCUT2D eigenvalue weighted by Gasteiger charge is 2.19. The minimum atomic E-state index is 0.489. The van der Waals surface area contributed by atoms with Crippen molar-refractivity contribution < 1.29 is 0 Å². The molecule has 0 bridgehead atoms. The second kappa shape index (κ2) is 6.92. The number of hydrogen-bond donors (Lipinski definition) is 2. The molecule has 19 heavy (non-hydrogen) atoms. The molecule has 0 heterocycles. The first kappa shape index (κ1) is 14.4. The molecular weight excluding hydrogens is 234 g/mol. The molecule has 0 amide bonds. The van der Waals surface area contributed by atoms with E-state index in [0.29, 0.717) is 6.04 Å². The first-order valence-electron chi connectivity index (χ1n) is 7.58. The van der Waals surface area contributed by atoms with E-state index in [1.54, 1.807) is 0 Å². The second-order valence-electron chi connectivity index (χ2n) is 5.38. The summed E-state index contributed by atoms with van der Waals surface area (Å²) in [6.45, 7) is 8.89. The quantitative estimate of drug-likeness (QED) is 0.773. The van der Waals surface area contributed by atoms with Crippen molar-refractivity contribution >= 4 is 5.69 Å². The third kappa shape index (κ3) is 3.71. The van der Waals surface area contributed by atoms with Crippen LogP contribution in [0, 0.1) is 0 Å². The number of fused-ring (bicyclic) bond motifs is 1. The SMILES string of the molecule is CCN(CC)CCNC1CCCc2ccc(N)cc21. The van der Waals surface area contributed by atoms with Crippen molar-refractivity contribution in [2.24, 2.45) is 0 Å². The van der Waals surface area contributed by atoms with Gasteiger partial charge in [-0.25, -0.2) is 0 Å². The van der Waals surface area contributed by atoms with E-state index in [9.17, 15) is 0 Å². The Morgan fingerprint density at radius 1 is 1.32 bits per heavy atom. The molecule has 3 nitrogen and oxygen atoms in total. The highest BCUT2D eigenvalue weighted by atomic mass is 15.1. The summed E-state index contributed by atoms with van der Waals surface area (Å²) >= 11 is 0. The molecule has 0 radical (unpaired) electrons. The maximum absolute atomic E-state index is 5.93. The van der Waals surface area contributed by atoms with Crippen LogP contribution in [-0.4, -0.2) is 31.1 Å². The van der Waals surface area contributed by atoms with Crippen LogP contribution in [0.2, 0.25) is 0 Å². The minimum absolute atomic E-state index is 0.489. The standard InChI is InChI=1S/C16H27N3/c1-3-19(4-2)11-10-18-16-7-5-6-13-8-9-14(17)12-15(13)16/h8-9,12,16,18H,3-7,10-11,17H2,1-2H3. The predicted octanol–water partition coefficient (Wildman–Crippen LogP) is 2.58. The van der Waals surface area contributed by atoms with Crippen molar-refractivity contribution in [1.82, 2.24) is 10.2 Å². The van der Waals surface area contributed by atoms with E-state index in [2.05, 4.69) is 36.2 Å². The average Bonchev–Trinajstić information content (AvgIpc) is 2.44. The van der Waals surface area contributed by atoms with Gasteiger partial charge in [-0.3, -0.25) is 0 Å². The number of nitrogens with one attached hydrogen (secondary N) is 1. The molecule has 3 N–H and O–H groups in total. The van der Waals surface area contributed by atoms with Crippen LogP contribution in [0.5, 0.6) is 0 Å². The van der Waals surface area contributed by atoms with Gasteiger partial charge in [0.25, 0.3) is 0 Å². The smallest absolute Gasteiger partial charge is 0.0324 e. The van der Waals surface area contributed by atoms with Crippen molar-refractivity contribution in [1.29, 1.82) is 0 Å². The number of aryl methyl sites for hydroxylation is 1. The molecule has 1 aromatic rings. The summed E-state index contributed by atoms with van der Waals surface area (Å²) in [4.78, 5) is 2.45. The summed E-state index contributed by atoms with van der Waals surface area (Å²) in [5.41, 5.74) is 9.71. The first-order valence-corrected chi connectivity index (χ1v) is 7.58. The van der Waals surface area contributed by atoms with Gasteiger partial charge < -0.3 is 16.0 Å². The summed E-state index contributed by atoms with van der Waals surface area (Å²) in [6, 6.07) is 6.87. The van der Waals surface area contributed by atoms with E-state index in [1.165, 1.54) is 30.4 Å². The van der Waals surface area contributed by atoms with Crippen molar-refractivity contribution in [3.8, 4) is 0 Å². The molecule has 0 saturated heterocycles. The zero-order valence-corrected chi connectivity index (χ0v) is 12.3. The lowest BCUT2D eigenvalue weighted by molar-refractivity contribution is 0.293. The van der Waals surface area contributed by atoms with Crippen LogP contribution < -0.4 is 11.1 Å². The van der Waals surface area contributed by atoms with Gasteiger partial charge in [0.1, 0.15) is 0 Å². The van der Waals surface area contributed by atoms with Crippen LogP contribution in [0.25, 0.3) is 0 Å². The molecule has 0 saturated carbocycles. The molecule has 0 spiro atoms. The molecule has 1 aliphatic carbocycles. The van der Waals surface area contributed by atoms with Crippen molar-refractivity contribution in [3.63, 3.8) is 0 Å². The zero-order valence-electron chi connectivity index (χ0n) is 12.3. The molecule has 1 atom stereocenters. The molecule has 1 unspecified atom stereocenters. The number of nitrogen functional groups attached to an aromatic ring is 1. The molecule has 3 heteroatoms. The number of rotatable bonds is 6. The molecule has 106 valence electrons. The topological polar surface area (TPSA) is 41.3 Å². The number of hydrogen-bond acceptors (Lipinski definition) is 3. The van der Waals surface area contributed by atoms with Crippen LogP contribution >= 0.6 is 0 Å². The van der Waals surface area contributed by atoms with Gasteiger partial charge in [0, 0.05) is 24.8 Å². The van der Waals surface area contributed by atoms with Crippen molar-refractivity contribution in [3.05, 3.63) is 29.3 Å². The summed E-state index contributed by atoms with van der Waals surface area (Å²) in [5.74, 6) is 0. The Hall–Kier alpha value is -1.06. The van der Waals surface area contributed by atoms with Crippen LogP contribution in [0.4, 0.5) is 5.69 Å². The average molecular weight is 261 g/mol. The zero-order chi connectivity index (χ0) is 13.7. The maximum Gasteiger partial charge on any atom is 0.0324 e. The Morgan fingerprint density at radius 2 is 2.11 bits per heavy atom. The van der Waals surface area contributed by atoms with E-state index in [0.717, 1.165) is 31.9 Å². The van der Waals surface area contributed by atoms with Gasteiger partial charge >= 0.3 is 0 Å². The Bertz CT molecular complexity index is 399. The van der Waals surface area contributed by atoms with Gasteiger partial charge in [-0.2, -0.15) is 0 Å². The largest absolute Gasteiger partial charge is 0.399 e. The van der Waals surface area contributed by atoms with E-state index >= 15 is 0 Å². The molecule has 0 aliphatic heterocycles. The van der Waals surface area contributed by atoms with Crippen molar-refractivity contribution in [2.75, 3.05) is 31.9 Å². The van der Waals surface area contributed by atoms with Crippen LogP contribution in [0.15, 0.2) is 18.2 Å². The Kier molecular flexibility index (Phi) is 5.23. The Balaban J connectivity index is 1.94. The summed E-state index contributed by atoms with van der Waals surface area (Å²) in [6.07, 6.45) is 3.71. The lowest BCUT2D eigenvalue weighted by Crippen LogP contribution is -2.34.